The van der Waals surface area contributed by atoms with Crippen molar-refractivity contribution >= 4 is 43.3 Å². The van der Waals surface area contributed by atoms with Crippen molar-refractivity contribution in [1.82, 2.24) is 3.97 Å². The molecule has 5 rings (SSSR count). The van der Waals surface area contributed by atoms with Gasteiger partial charge < -0.3 is 10.5 Å². The fourth-order valence-electron chi connectivity index (χ4n) is 4.13. The standard InChI is InChI=1S/C27H22ClFN2O3S/c28-25-15-23(8-9-26(25)29)35(32,33)31-16-21(11-12-30)24-14-22(7-10-27(24)31)34-17-18-5-6-19-3-1-2-4-20(19)13-18/h1-10,13-16H,11-12,17,30H2. The van der Waals surface area contributed by atoms with E-state index >= 15 is 0 Å². The molecule has 0 saturated heterocycles. The summed E-state index contributed by atoms with van der Waals surface area (Å²) in [5, 5.41) is 2.77. The van der Waals surface area contributed by atoms with Crippen molar-refractivity contribution in [3.8, 4) is 5.75 Å². The predicted octanol–water partition coefficient (Wildman–Crippen LogP) is 5.90. The minimum atomic E-state index is -4.01. The van der Waals surface area contributed by atoms with Crippen LogP contribution in [0.3, 0.4) is 0 Å². The molecule has 0 aliphatic carbocycles. The number of nitrogens with zero attached hydrogens (tertiary/aromatic N) is 1. The highest BCUT2D eigenvalue weighted by Crippen LogP contribution is 2.31. The van der Waals surface area contributed by atoms with Gasteiger partial charge in [0.2, 0.25) is 0 Å². The maximum absolute atomic E-state index is 13.6. The van der Waals surface area contributed by atoms with Crippen LogP contribution in [-0.4, -0.2) is 18.9 Å². The topological polar surface area (TPSA) is 74.3 Å². The van der Waals surface area contributed by atoms with Gasteiger partial charge in [0.05, 0.1) is 15.4 Å². The lowest BCUT2D eigenvalue weighted by molar-refractivity contribution is 0.307. The van der Waals surface area contributed by atoms with Gasteiger partial charge >= 0.3 is 0 Å². The largest absolute Gasteiger partial charge is 0.489 e. The Morgan fingerprint density at radius 1 is 0.943 bits per heavy atom. The Morgan fingerprint density at radius 2 is 1.74 bits per heavy atom. The Bertz CT molecular complexity index is 1660. The van der Waals surface area contributed by atoms with E-state index in [0.29, 0.717) is 30.8 Å². The summed E-state index contributed by atoms with van der Waals surface area (Å²) in [6.45, 7) is 0.722. The molecule has 35 heavy (non-hydrogen) atoms. The van der Waals surface area contributed by atoms with Crippen LogP contribution in [-0.2, 0) is 23.1 Å². The van der Waals surface area contributed by atoms with E-state index in [9.17, 15) is 12.8 Å². The monoisotopic (exact) mass is 508 g/mol. The molecule has 0 radical (unpaired) electrons. The number of rotatable bonds is 7. The number of hydrogen-bond acceptors (Lipinski definition) is 4. The van der Waals surface area contributed by atoms with E-state index in [2.05, 4.69) is 24.3 Å². The highest BCUT2D eigenvalue weighted by Gasteiger charge is 2.22. The van der Waals surface area contributed by atoms with Crippen molar-refractivity contribution in [3.05, 3.63) is 107 Å². The van der Waals surface area contributed by atoms with Gasteiger partial charge in [0.15, 0.2) is 0 Å². The van der Waals surface area contributed by atoms with Crippen LogP contribution >= 0.6 is 11.6 Å². The third kappa shape index (κ3) is 4.50. The third-order valence-corrected chi connectivity index (χ3v) is 7.86. The van der Waals surface area contributed by atoms with Crippen molar-refractivity contribution in [3.63, 3.8) is 0 Å². The predicted molar refractivity (Wildman–Crippen MR) is 137 cm³/mol. The first kappa shape index (κ1) is 23.4. The normalized spacial score (nSPS) is 11.9. The number of aromatic nitrogens is 1. The average Bonchev–Trinajstić information content (AvgIpc) is 3.23. The first-order valence-corrected chi connectivity index (χ1v) is 12.8. The molecular formula is C27H22ClFN2O3S. The van der Waals surface area contributed by atoms with Crippen LogP contribution in [0.2, 0.25) is 5.02 Å². The highest BCUT2D eigenvalue weighted by molar-refractivity contribution is 7.90. The Hall–Kier alpha value is -3.39. The Kier molecular flexibility index (Phi) is 6.23. The fraction of sp³-hybridized carbons (Fsp3) is 0.111. The van der Waals surface area contributed by atoms with Gasteiger partial charge in [-0.2, -0.15) is 0 Å². The number of ether oxygens (including phenoxy) is 1. The highest BCUT2D eigenvalue weighted by atomic mass is 35.5. The summed E-state index contributed by atoms with van der Waals surface area (Å²) >= 11 is 5.84. The van der Waals surface area contributed by atoms with Gasteiger partial charge in [-0.3, -0.25) is 0 Å². The molecule has 2 N–H and O–H groups in total. The molecule has 0 spiro atoms. The minimum absolute atomic E-state index is 0.100. The summed E-state index contributed by atoms with van der Waals surface area (Å²) in [4.78, 5) is -0.100. The molecule has 0 unspecified atom stereocenters. The van der Waals surface area contributed by atoms with E-state index in [-0.39, 0.29) is 9.92 Å². The molecule has 8 heteroatoms. The van der Waals surface area contributed by atoms with Crippen LogP contribution in [0, 0.1) is 5.82 Å². The Labute approximate surface area is 207 Å². The molecule has 0 atom stereocenters. The fourth-order valence-corrected chi connectivity index (χ4v) is 5.80. The molecule has 0 amide bonds. The van der Waals surface area contributed by atoms with Gasteiger partial charge in [-0.25, -0.2) is 16.8 Å². The van der Waals surface area contributed by atoms with Crippen LogP contribution in [0.25, 0.3) is 21.7 Å². The second-order valence-corrected chi connectivity index (χ2v) is 10.4. The van der Waals surface area contributed by atoms with Gasteiger partial charge in [-0.1, -0.05) is 48.0 Å². The molecule has 5 aromatic rings. The first-order chi connectivity index (χ1) is 16.9. The number of hydrogen-bond donors (Lipinski definition) is 1. The minimum Gasteiger partial charge on any atom is -0.489 e. The second kappa shape index (κ2) is 9.34. The summed E-state index contributed by atoms with van der Waals surface area (Å²) in [7, 11) is -4.01. The maximum Gasteiger partial charge on any atom is 0.268 e. The zero-order chi connectivity index (χ0) is 24.6. The summed E-state index contributed by atoms with van der Waals surface area (Å²) < 4.78 is 47.5. The molecule has 178 valence electrons. The third-order valence-electron chi connectivity index (χ3n) is 5.91. The van der Waals surface area contributed by atoms with Crippen LogP contribution in [0.1, 0.15) is 11.1 Å². The second-order valence-electron chi connectivity index (χ2n) is 8.22. The molecule has 0 saturated carbocycles. The average molecular weight is 509 g/mol. The first-order valence-electron chi connectivity index (χ1n) is 11.0. The van der Waals surface area contributed by atoms with Crippen LogP contribution < -0.4 is 10.5 Å². The molecule has 0 fully saturated rings. The number of nitrogens with two attached hydrogens (primary N) is 1. The van der Waals surface area contributed by atoms with E-state index in [0.717, 1.165) is 39.4 Å². The van der Waals surface area contributed by atoms with Crippen molar-refractivity contribution in [1.29, 1.82) is 0 Å². The number of fused-ring (bicyclic) bond motifs is 2. The zero-order valence-corrected chi connectivity index (χ0v) is 20.2. The van der Waals surface area contributed by atoms with Crippen LogP contribution in [0.5, 0.6) is 5.75 Å². The molecular weight excluding hydrogens is 487 g/mol. The number of benzene rings is 4. The van der Waals surface area contributed by atoms with Gasteiger partial charge in [-0.15, -0.1) is 0 Å². The van der Waals surface area contributed by atoms with E-state index in [1.54, 1.807) is 18.3 Å². The van der Waals surface area contributed by atoms with Gasteiger partial charge in [-0.05, 0) is 77.3 Å². The van der Waals surface area contributed by atoms with Gasteiger partial charge in [0.25, 0.3) is 10.0 Å². The molecule has 1 aromatic heterocycles. The smallest absolute Gasteiger partial charge is 0.268 e. The summed E-state index contributed by atoms with van der Waals surface area (Å²) in [6.07, 6.45) is 2.04. The van der Waals surface area contributed by atoms with E-state index < -0.39 is 15.8 Å². The van der Waals surface area contributed by atoms with Crippen molar-refractivity contribution in [2.24, 2.45) is 5.73 Å². The van der Waals surface area contributed by atoms with E-state index in [1.165, 1.54) is 10.0 Å². The summed E-state index contributed by atoms with van der Waals surface area (Å²) in [5.41, 5.74) is 8.07. The molecule has 0 aliphatic heterocycles. The van der Waals surface area contributed by atoms with Crippen molar-refractivity contribution in [2.45, 2.75) is 17.9 Å². The maximum atomic E-state index is 13.6. The van der Waals surface area contributed by atoms with Crippen molar-refractivity contribution in [2.75, 3.05) is 6.54 Å². The number of halogens is 2. The molecule has 4 aromatic carbocycles. The van der Waals surface area contributed by atoms with Crippen LogP contribution in [0.4, 0.5) is 4.39 Å². The van der Waals surface area contributed by atoms with E-state index in [4.69, 9.17) is 22.1 Å². The SMILES string of the molecule is NCCc1cn(S(=O)(=O)c2ccc(F)c(Cl)c2)c2ccc(OCc3ccc4ccccc4c3)cc12. The van der Waals surface area contributed by atoms with Gasteiger partial charge in [0.1, 0.15) is 18.2 Å². The molecule has 0 bridgehead atoms. The molecule has 0 aliphatic rings. The van der Waals surface area contributed by atoms with E-state index in [1.807, 2.05) is 24.3 Å². The summed E-state index contributed by atoms with van der Waals surface area (Å²) in [5.74, 6) is -0.0658. The molecule has 1 heterocycles. The van der Waals surface area contributed by atoms with Crippen LogP contribution in [0.15, 0.2) is 90.0 Å². The Balaban J connectivity index is 1.49. The quantitative estimate of drug-likeness (QED) is 0.297. The lowest BCUT2D eigenvalue weighted by atomic mass is 10.1. The van der Waals surface area contributed by atoms with Crippen molar-refractivity contribution < 1.29 is 17.5 Å². The summed E-state index contributed by atoms with van der Waals surface area (Å²) in [6, 6.07) is 22.9. The lowest BCUT2D eigenvalue weighted by Gasteiger charge is -2.10. The zero-order valence-electron chi connectivity index (χ0n) is 18.6. The molecule has 5 nitrogen and oxygen atoms in total. The Morgan fingerprint density at radius 3 is 2.51 bits per heavy atom. The lowest BCUT2D eigenvalue weighted by Crippen LogP contribution is -2.12. The van der Waals surface area contributed by atoms with Gasteiger partial charge in [0, 0.05) is 11.6 Å².